The molecule has 3 aromatic rings. The fourth-order valence-corrected chi connectivity index (χ4v) is 3.46. The van der Waals surface area contributed by atoms with Crippen molar-refractivity contribution >= 4 is 28.3 Å². The lowest BCUT2D eigenvalue weighted by molar-refractivity contribution is 0.0705. The van der Waals surface area contributed by atoms with Crippen molar-refractivity contribution in [2.75, 3.05) is 25.3 Å². The van der Waals surface area contributed by atoms with Crippen molar-refractivity contribution < 1.29 is 19.6 Å². The number of fused-ring (bicyclic) bond motifs is 1. The molecule has 7 heteroatoms. The Balaban J connectivity index is 1.84. The molecule has 0 aliphatic heterocycles. The third-order valence-electron chi connectivity index (χ3n) is 5.29. The minimum absolute atomic E-state index is 0.245. The topological polar surface area (TPSA) is 82.1 Å². The Morgan fingerprint density at radius 3 is 2.13 bits per heavy atom. The Labute approximate surface area is 181 Å². The molecule has 0 saturated heterocycles. The van der Waals surface area contributed by atoms with E-state index in [4.69, 9.17) is 10.0 Å². The van der Waals surface area contributed by atoms with E-state index in [9.17, 15) is 9.59 Å². The quantitative estimate of drug-likeness (QED) is 0.424. The molecule has 162 valence electrons. The number of rotatable bonds is 8. The maximum absolute atomic E-state index is 13.0. The summed E-state index contributed by atoms with van der Waals surface area (Å²) in [5.74, 6) is -1.01. The van der Waals surface area contributed by atoms with E-state index in [0.717, 1.165) is 30.4 Å². The maximum Gasteiger partial charge on any atom is 0.282 e. The molecule has 7 nitrogen and oxygen atoms in total. The molecule has 0 aromatic heterocycles. The van der Waals surface area contributed by atoms with Crippen molar-refractivity contribution in [1.29, 1.82) is 0 Å². The van der Waals surface area contributed by atoms with Gasteiger partial charge in [-0.15, -0.1) is 0 Å². The smallest absolute Gasteiger partial charge is 0.282 e. The first kappa shape index (κ1) is 22.4. The third kappa shape index (κ3) is 5.08. The highest BCUT2D eigenvalue weighted by atomic mass is 16.7. The van der Waals surface area contributed by atoms with E-state index in [1.54, 1.807) is 5.48 Å². The van der Waals surface area contributed by atoms with Crippen molar-refractivity contribution in [3.63, 3.8) is 0 Å². The van der Waals surface area contributed by atoms with Crippen LogP contribution in [0.5, 0.6) is 0 Å². The number of carbonyl (C=O) groups is 2. The predicted molar refractivity (Wildman–Crippen MR) is 120 cm³/mol. The molecule has 31 heavy (non-hydrogen) atoms. The van der Waals surface area contributed by atoms with E-state index in [1.807, 2.05) is 18.2 Å². The van der Waals surface area contributed by atoms with Gasteiger partial charge in [-0.25, -0.2) is 5.48 Å². The molecule has 0 aliphatic carbocycles. The average Bonchev–Trinajstić information content (AvgIpc) is 2.82. The standard InChI is InChI=1S/C24H27N3O4/c1-4-26(5-2)16-17-6-7-21-15-22(13-12-20(21)14-17)27(31-3)24(29)19-10-8-18(9-11-19)23(28)25-30/h6-15,30H,4-5,16H2,1-3H3,(H,25,28). The summed E-state index contributed by atoms with van der Waals surface area (Å²) < 4.78 is 0. The molecule has 0 saturated carbocycles. The van der Waals surface area contributed by atoms with Crippen LogP contribution >= 0.6 is 0 Å². The zero-order chi connectivity index (χ0) is 22.4. The lowest BCUT2D eigenvalue weighted by Crippen LogP contribution is -2.29. The molecule has 0 bridgehead atoms. The van der Waals surface area contributed by atoms with E-state index in [0.29, 0.717) is 11.3 Å². The largest absolute Gasteiger partial charge is 0.300 e. The monoisotopic (exact) mass is 421 g/mol. The van der Waals surface area contributed by atoms with E-state index in [1.165, 1.54) is 42.0 Å². The van der Waals surface area contributed by atoms with Gasteiger partial charge in [0, 0.05) is 17.7 Å². The third-order valence-corrected chi connectivity index (χ3v) is 5.29. The summed E-state index contributed by atoms with van der Waals surface area (Å²) in [6.45, 7) is 7.22. The van der Waals surface area contributed by atoms with E-state index in [2.05, 4.69) is 36.9 Å². The number of anilines is 1. The van der Waals surface area contributed by atoms with Crippen LogP contribution in [0.1, 0.15) is 40.1 Å². The van der Waals surface area contributed by atoms with Gasteiger partial charge in [-0.05, 0) is 71.9 Å². The molecule has 3 rings (SSSR count). The van der Waals surface area contributed by atoms with Gasteiger partial charge < -0.3 is 0 Å². The Morgan fingerprint density at radius 2 is 1.52 bits per heavy atom. The molecular weight excluding hydrogens is 394 g/mol. The van der Waals surface area contributed by atoms with Crippen LogP contribution in [-0.4, -0.2) is 42.1 Å². The summed E-state index contributed by atoms with van der Waals surface area (Å²) in [5, 5.41) is 12.0. The maximum atomic E-state index is 13.0. The van der Waals surface area contributed by atoms with Gasteiger partial charge in [0.2, 0.25) is 0 Å². The van der Waals surface area contributed by atoms with Gasteiger partial charge in [0.05, 0.1) is 12.8 Å². The van der Waals surface area contributed by atoms with E-state index in [-0.39, 0.29) is 11.5 Å². The van der Waals surface area contributed by atoms with Crippen LogP contribution in [0.2, 0.25) is 0 Å². The molecule has 0 unspecified atom stereocenters. The van der Waals surface area contributed by atoms with Crippen LogP contribution < -0.4 is 10.5 Å². The van der Waals surface area contributed by atoms with Crippen LogP contribution in [0.4, 0.5) is 5.69 Å². The molecule has 0 radical (unpaired) electrons. The van der Waals surface area contributed by atoms with Gasteiger partial charge in [0.15, 0.2) is 0 Å². The summed E-state index contributed by atoms with van der Waals surface area (Å²) in [4.78, 5) is 32.1. The summed E-state index contributed by atoms with van der Waals surface area (Å²) >= 11 is 0. The Bertz CT molecular complexity index is 1060. The summed E-state index contributed by atoms with van der Waals surface area (Å²) in [6, 6.07) is 18.0. The first-order valence-electron chi connectivity index (χ1n) is 10.2. The Hall–Kier alpha value is -3.26. The molecule has 2 amide bonds. The number of hydroxylamine groups is 2. The molecule has 3 aromatic carbocycles. The Kier molecular flexibility index (Phi) is 7.36. The van der Waals surface area contributed by atoms with Crippen LogP contribution in [0.25, 0.3) is 10.8 Å². The van der Waals surface area contributed by atoms with E-state index < -0.39 is 5.91 Å². The second kappa shape index (κ2) is 10.2. The summed E-state index contributed by atoms with van der Waals surface area (Å²) in [7, 11) is 1.43. The van der Waals surface area contributed by atoms with Crippen LogP contribution in [0.3, 0.4) is 0 Å². The van der Waals surface area contributed by atoms with Crippen molar-refractivity contribution in [2.24, 2.45) is 0 Å². The number of benzene rings is 3. The molecule has 2 N–H and O–H groups in total. The second-order valence-electron chi connectivity index (χ2n) is 7.13. The van der Waals surface area contributed by atoms with Gasteiger partial charge in [-0.3, -0.25) is 24.5 Å². The average molecular weight is 421 g/mol. The first-order chi connectivity index (χ1) is 15.0. The fraction of sp³-hybridized carbons (Fsp3) is 0.250. The summed E-state index contributed by atoms with van der Waals surface area (Å²) in [6.07, 6.45) is 0. The van der Waals surface area contributed by atoms with Gasteiger partial charge in [0.25, 0.3) is 11.8 Å². The highest BCUT2D eigenvalue weighted by Gasteiger charge is 2.19. The first-order valence-corrected chi connectivity index (χ1v) is 10.2. The van der Waals surface area contributed by atoms with Gasteiger partial charge >= 0.3 is 0 Å². The predicted octanol–water partition coefficient (Wildman–Crippen LogP) is 4.01. The van der Waals surface area contributed by atoms with E-state index >= 15 is 0 Å². The number of hydrogen-bond acceptors (Lipinski definition) is 5. The zero-order valence-electron chi connectivity index (χ0n) is 18.0. The van der Waals surface area contributed by atoms with Crippen LogP contribution in [0, 0.1) is 0 Å². The SMILES string of the molecule is CCN(CC)Cc1ccc2cc(N(OC)C(=O)c3ccc(C(=O)NO)cc3)ccc2c1. The fourth-order valence-electron chi connectivity index (χ4n) is 3.46. The van der Waals surface area contributed by atoms with Gasteiger partial charge in [-0.1, -0.05) is 32.0 Å². The minimum Gasteiger partial charge on any atom is -0.300 e. The van der Waals surface area contributed by atoms with Gasteiger partial charge in [0.1, 0.15) is 0 Å². The number of nitrogens with zero attached hydrogens (tertiary/aromatic N) is 2. The normalized spacial score (nSPS) is 11.0. The zero-order valence-corrected chi connectivity index (χ0v) is 18.0. The minimum atomic E-state index is -0.641. The highest BCUT2D eigenvalue weighted by Crippen LogP contribution is 2.25. The second-order valence-corrected chi connectivity index (χ2v) is 7.13. The van der Waals surface area contributed by atoms with Crippen LogP contribution in [0.15, 0.2) is 60.7 Å². The number of nitrogens with one attached hydrogen (secondary N) is 1. The van der Waals surface area contributed by atoms with Gasteiger partial charge in [-0.2, -0.15) is 5.06 Å². The molecular formula is C24H27N3O4. The van der Waals surface area contributed by atoms with Crippen molar-refractivity contribution in [1.82, 2.24) is 10.4 Å². The molecule has 0 fully saturated rings. The highest BCUT2D eigenvalue weighted by molar-refractivity contribution is 6.06. The number of hydrogen-bond donors (Lipinski definition) is 2. The number of amides is 2. The molecule has 0 atom stereocenters. The molecule has 0 aliphatic rings. The summed E-state index contributed by atoms with van der Waals surface area (Å²) in [5.41, 5.74) is 4.01. The van der Waals surface area contributed by atoms with Crippen molar-refractivity contribution in [3.8, 4) is 0 Å². The molecule has 0 spiro atoms. The van der Waals surface area contributed by atoms with Crippen LogP contribution in [-0.2, 0) is 11.4 Å². The van der Waals surface area contributed by atoms with Crippen molar-refractivity contribution in [3.05, 3.63) is 77.4 Å². The molecule has 0 heterocycles. The lowest BCUT2D eigenvalue weighted by atomic mass is 10.1. The van der Waals surface area contributed by atoms with Crippen molar-refractivity contribution in [2.45, 2.75) is 20.4 Å². The lowest BCUT2D eigenvalue weighted by Gasteiger charge is -2.21. The number of carbonyl (C=O) groups excluding carboxylic acids is 2. The Morgan fingerprint density at radius 1 is 0.903 bits per heavy atom.